The molecule has 4 aromatic rings. The van der Waals surface area contributed by atoms with Gasteiger partial charge in [0, 0.05) is 41.2 Å². The first kappa shape index (κ1) is 17.3. The number of hydrogen-bond donors (Lipinski definition) is 2. The summed E-state index contributed by atoms with van der Waals surface area (Å²) in [4.78, 5) is 23.4. The van der Waals surface area contributed by atoms with Crippen LogP contribution in [-0.2, 0) is 11.3 Å². The molecule has 136 valence electrons. The minimum atomic E-state index is -1.18. The molecule has 1 aromatic carbocycles. The average Bonchev–Trinajstić information content (AvgIpc) is 3.05. The summed E-state index contributed by atoms with van der Waals surface area (Å²) in [5.41, 5.74) is 1.54. The molecular weight excluding hydrogens is 370 g/mol. The van der Waals surface area contributed by atoms with Crippen molar-refractivity contribution in [3.63, 3.8) is 0 Å². The van der Waals surface area contributed by atoms with E-state index in [1.165, 1.54) is 7.11 Å². The number of carboxylic acids is 1. The SMILES string of the molecule is COCc1c(C(=O)O)nc(Oc2ccccn2)c2[nH]c3cccc(Cl)c3c12. The van der Waals surface area contributed by atoms with Gasteiger partial charge in [0.2, 0.25) is 11.8 Å². The van der Waals surface area contributed by atoms with Gasteiger partial charge in [0.05, 0.1) is 11.6 Å². The van der Waals surface area contributed by atoms with Crippen LogP contribution in [0.2, 0.25) is 5.02 Å². The highest BCUT2D eigenvalue weighted by molar-refractivity contribution is 6.38. The van der Waals surface area contributed by atoms with E-state index in [-0.39, 0.29) is 18.2 Å². The van der Waals surface area contributed by atoms with Crippen molar-refractivity contribution in [1.29, 1.82) is 0 Å². The van der Waals surface area contributed by atoms with Crippen LogP contribution in [0.5, 0.6) is 11.8 Å². The molecule has 0 aliphatic heterocycles. The Kier molecular flexibility index (Phi) is 4.39. The van der Waals surface area contributed by atoms with Crippen molar-refractivity contribution in [3.05, 3.63) is 58.9 Å². The normalized spacial score (nSPS) is 11.2. The molecule has 0 fully saturated rings. The lowest BCUT2D eigenvalue weighted by Crippen LogP contribution is -2.09. The second kappa shape index (κ2) is 6.86. The molecule has 7 nitrogen and oxygen atoms in total. The van der Waals surface area contributed by atoms with Crippen molar-refractivity contribution in [2.45, 2.75) is 6.61 Å². The molecule has 0 saturated carbocycles. The number of H-pyrrole nitrogens is 1. The standard InChI is InChI=1S/C19H14ClN3O4/c1-26-9-10-14-15-11(20)5-4-6-12(15)22-17(14)18(23-16(10)19(24)25)27-13-7-2-3-8-21-13/h2-8,22H,9H2,1H3,(H,24,25). The predicted octanol–water partition coefficient (Wildman–Crippen LogP) is 4.40. The van der Waals surface area contributed by atoms with Gasteiger partial charge in [0.15, 0.2) is 5.69 Å². The lowest BCUT2D eigenvalue weighted by molar-refractivity contribution is 0.0684. The summed E-state index contributed by atoms with van der Waals surface area (Å²) in [6.45, 7) is 0.0627. The number of carboxylic acid groups (broad SMARTS) is 1. The summed E-state index contributed by atoms with van der Waals surface area (Å²) in [5.74, 6) is -0.781. The highest BCUT2D eigenvalue weighted by Crippen LogP contribution is 2.39. The van der Waals surface area contributed by atoms with Gasteiger partial charge in [-0.15, -0.1) is 0 Å². The van der Waals surface area contributed by atoms with Gasteiger partial charge in [-0.1, -0.05) is 23.7 Å². The summed E-state index contributed by atoms with van der Waals surface area (Å²) in [6, 6.07) is 10.6. The fourth-order valence-electron chi connectivity index (χ4n) is 3.05. The Labute approximate surface area is 158 Å². The van der Waals surface area contributed by atoms with E-state index in [9.17, 15) is 9.90 Å². The second-order valence-electron chi connectivity index (χ2n) is 5.79. The molecule has 4 rings (SSSR count). The largest absolute Gasteiger partial charge is 0.476 e. The highest BCUT2D eigenvalue weighted by atomic mass is 35.5. The molecule has 0 bridgehead atoms. The molecule has 0 spiro atoms. The number of carbonyl (C=O) groups is 1. The van der Waals surface area contributed by atoms with Crippen molar-refractivity contribution < 1.29 is 19.4 Å². The maximum Gasteiger partial charge on any atom is 0.355 e. The first-order valence-electron chi connectivity index (χ1n) is 8.04. The zero-order valence-corrected chi connectivity index (χ0v) is 14.9. The number of rotatable bonds is 5. The molecule has 0 aliphatic rings. The first-order valence-corrected chi connectivity index (χ1v) is 8.42. The number of nitrogens with zero attached hydrogens (tertiary/aromatic N) is 2. The third-order valence-electron chi connectivity index (χ3n) is 4.12. The van der Waals surface area contributed by atoms with Gasteiger partial charge in [-0.05, 0) is 18.2 Å². The van der Waals surface area contributed by atoms with Gasteiger partial charge in [0.1, 0.15) is 5.52 Å². The topological polar surface area (TPSA) is 97.3 Å². The third kappa shape index (κ3) is 2.97. The molecule has 0 aliphatic carbocycles. The summed E-state index contributed by atoms with van der Waals surface area (Å²) >= 11 is 6.41. The average molecular weight is 384 g/mol. The van der Waals surface area contributed by atoms with E-state index in [1.807, 2.05) is 6.07 Å². The molecular formula is C19H14ClN3O4. The summed E-state index contributed by atoms with van der Waals surface area (Å²) in [5, 5.41) is 11.5. The second-order valence-corrected chi connectivity index (χ2v) is 6.20. The maximum atomic E-state index is 11.9. The summed E-state index contributed by atoms with van der Waals surface area (Å²) in [6.07, 6.45) is 1.58. The van der Waals surface area contributed by atoms with Crippen LogP contribution in [0.25, 0.3) is 21.8 Å². The van der Waals surface area contributed by atoms with Gasteiger partial charge in [-0.3, -0.25) is 0 Å². The predicted molar refractivity (Wildman–Crippen MR) is 101 cm³/mol. The molecule has 0 saturated heterocycles. The van der Waals surface area contributed by atoms with Crippen molar-refractivity contribution in [2.24, 2.45) is 0 Å². The maximum absolute atomic E-state index is 11.9. The van der Waals surface area contributed by atoms with E-state index >= 15 is 0 Å². The Morgan fingerprint density at radius 2 is 2.07 bits per heavy atom. The number of halogens is 1. The number of benzene rings is 1. The number of aromatic amines is 1. The van der Waals surface area contributed by atoms with Crippen LogP contribution in [0.1, 0.15) is 16.1 Å². The Morgan fingerprint density at radius 1 is 1.22 bits per heavy atom. The number of aromatic nitrogens is 3. The highest BCUT2D eigenvalue weighted by Gasteiger charge is 2.24. The molecule has 8 heteroatoms. The van der Waals surface area contributed by atoms with Crippen LogP contribution in [-0.4, -0.2) is 33.1 Å². The van der Waals surface area contributed by atoms with Crippen LogP contribution in [0, 0.1) is 0 Å². The lowest BCUT2D eigenvalue weighted by atomic mass is 10.1. The smallest absolute Gasteiger partial charge is 0.355 e. The molecule has 2 N–H and O–H groups in total. The third-order valence-corrected chi connectivity index (χ3v) is 4.43. The molecule has 3 aromatic heterocycles. The minimum absolute atomic E-state index is 0.0627. The lowest BCUT2D eigenvalue weighted by Gasteiger charge is -2.11. The quantitative estimate of drug-likeness (QED) is 0.530. The van der Waals surface area contributed by atoms with Crippen molar-refractivity contribution in [2.75, 3.05) is 7.11 Å². The molecule has 0 radical (unpaired) electrons. The molecule has 0 amide bonds. The van der Waals surface area contributed by atoms with E-state index in [2.05, 4.69) is 15.0 Å². The van der Waals surface area contributed by atoms with Crippen LogP contribution in [0.15, 0.2) is 42.6 Å². The van der Waals surface area contributed by atoms with Crippen molar-refractivity contribution in [3.8, 4) is 11.8 Å². The number of hydrogen-bond acceptors (Lipinski definition) is 5. The first-order chi connectivity index (χ1) is 13.1. The minimum Gasteiger partial charge on any atom is -0.476 e. The molecule has 0 unspecified atom stereocenters. The molecule has 3 heterocycles. The van der Waals surface area contributed by atoms with Crippen LogP contribution in [0.4, 0.5) is 0 Å². The Hall–Kier alpha value is -3.16. The summed E-state index contributed by atoms with van der Waals surface area (Å²) < 4.78 is 11.0. The fourth-order valence-corrected chi connectivity index (χ4v) is 3.32. The zero-order valence-electron chi connectivity index (χ0n) is 14.2. The van der Waals surface area contributed by atoms with Crippen molar-refractivity contribution >= 4 is 39.4 Å². The Balaban J connectivity index is 2.09. The molecule has 27 heavy (non-hydrogen) atoms. The van der Waals surface area contributed by atoms with Gasteiger partial charge in [-0.25, -0.2) is 14.8 Å². The van der Waals surface area contributed by atoms with Gasteiger partial charge in [0.25, 0.3) is 0 Å². The number of pyridine rings is 2. The van der Waals surface area contributed by atoms with E-state index in [0.29, 0.717) is 32.8 Å². The van der Waals surface area contributed by atoms with Gasteiger partial charge >= 0.3 is 5.97 Å². The molecule has 0 atom stereocenters. The van der Waals surface area contributed by atoms with Crippen LogP contribution in [0.3, 0.4) is 0 Å². The number of fused-ring (bicyclic) bond motifs is 3. The van der Waals surface area contributed by atoms with E-state index in [4.69, 9.17) is 21.1 Å². The van der Waals surface area contributed by atoms with E-state index in [1.54, 1.807) is 36.5 Å². The monoisotopic (exact) mass is 383 g/mol. The van der Waals surface area contributed by atoms with Crippen LogP contribution >= 0.6 is 11.6 Å². The number of methoxy groups -OCH3 is 1. The van der Waals surface area contributed by atoms with E-state index in [0.717, 1.165) is 5.52 Å². The number of ether oxygens (including phenoxy) is 2. The van der Waals surface area contributed by atoms with Gasteiger partial charge < -0.3 is 19.6 Å². The zero-order chi connectivity index (χ0) is 19.0. The van der Waals surface area contributed by atoms with E-state index < -0.39 is 5.97 Å². The summed E-state index contributed by atoms with van der Waals surface area (Å²) in [7, 11) is 1.49. The van der Waals surface area contributed by atoms with Gasteiger partial charge in [-0.2, -0.15) is 0 Å². The van der Waals surface area contributed by atoms with Crippen molar-refractivity contribution in [1.82, 2.24) is 15.0 Å². The Bertz CT molecular complexity index is 1160. The number of aromatic carboxylic acids is 1. The number of nitrogens with one attached hydrogen (secondary N) is 1. The Morgan fingerprint density at radius 3 is 2.78 bits per heavy atom. The van der Waals surface area contributed by atoms with Crippen LogP contribution < -0.4 is 4.74 Å². The fraction of sp³-hybridized carbons (Fsp3) is 0.105.